The van der Waals surface area contributed by atoms with Gasteiger partial charge in [0, 0.05) is 22.7 Å². The Labute approximate surface area is 128 Å². The Morgan fingerprint density at radius 1 is 1.14 bits per heavy atom. The van der Waals surface area contributed by atoms with Gasteiger partial charge in [0.2, 0.25) is 0 Å². The Balaban J connectivity index is 2.06. The highest BCUT2D eigenvalue weighted by Gasteiger charge is 2.40. The highest BCUT2D eigenvalue weighted by molar-refractivity contribution is 6.30. The number of hydrogen-bond acceptors (Lipinski definition) is 2. The molecule has 4 nitrogen and oxygen atoms in total. The molecule has 0 spiro atoms. The molecule has 21 heavy (non-hydrogen) atoms. The summed E-state index contributed by atoms with van der Waals surface area (Å²) in [6.07, 6.45) is 1.19. The number of benzene rings is 1. The van der Waals surface area contributed by atoms with Crippen molar-refractivity contribution < 1.29 is 9.59 Å². The number of carbonyl (C=O) groups is 2. The van der Waals surface area contributed by atoms with E-state index in [1.165, 1.54) is 0 Å². The van der Waals surface area contributed by atoms with Gasteiger partial charge in [-0.3, -0.25) is 4.79 Å². The molecule has 1 aromatic rings. The van der Waals surface area contributed by atoms with Gasteiger partial charge < -0.3 is 10.6 Å². The standard InChI is InChI=1S/C16H17ClN2O2/c1-16(2)7-11-13(12(20)8-16)14(19-15(21)18-11)9-3-5-10(17)6-4-9/h3-6,14H,7-8H2,1-2H3,(H2,18,19,21). The second kappa shape index (κ2) is 4.88. The van der Waals surface area contributed by atoms with E-state index in [0.29, 0.717) is 23.4 Å². The average molecular weight is 305 g/mol. The van der Waals surface area contributed by atoms with E-state index in [2.05, 4.69) is 10.6 Å². The van der Waals surface area contributed by atoms with Crippen LogP contribution >= 0.6 is 11.6 Å². The number of carbonyl (C=O) groups excluding carboxylic acids is 2. The van der Waals surface area contributed by atoms with Crippen LogP contribution in [0.4, 0.5) is 4.79 Å². The predicted octanol–water partition coefficient (Wildman–Crippen LogP) is 3.34. The van der Waals surface area contributed by atoms with Crippen LogP contribution in [0.1, 0.15) is 38.3 Å². The molecule has 1 heterocycles. The van der Waals surface area contributed by atoms with Crippen LogP contribution in [0.2, 0.25) is 5.02 Å². The van der Waals surface area contributed by atoms with E-state index >= 15 is 0 Å². The third-order valence-electron chi connectivity index (χ3n) is 3.95. The first kappa shape index (κ1) is 14.1. The zero-order valence-corrected chi connectivity index (χ0v) is 12.8. The van der Waals surface area contributed by atoms with Crippen molar-refractivity contribution in [3.8, 4) is 0 Å². The van der Waals surface area contributed by atoms with Crippen molar-refractivity contribution in [2.24, 2.45) is 5.41 Å². The van der Waals surface area contributed by atoms with Crippen molar-refractivity contribution >= 4 is 23.4 Å². The number of rotatable bonds is 1. The molecule has 0 saturated heterocycles. The minimum atomic E-state index is -0.394. The van der Waals surface area contributed by atoms with E-state index in [1.54, 1.807) is 12.1 Å². The molecule has 2 N–H and O–H groups in total. The average Bonchev–Trinajstić information content (AvgIpc) is 2.36. The van der Waals surface area contributed by atoms with Crippen molar-refractivity contribution in [1.29, 1.82) is 0 Å². The Morgan fingerprint density at radius 2 is 1.81 bits per heavy atom. The van der Waals surface area contributed by atoms with Crippen LogP contribution in [0.25, 0.3) is 0 Å². The molecule has 5 heteroatoms. The minimum absolute atomic E-state index is 0.0914. The molecule has 1 aliphatic carbocycles. The molecule has 110 valence electrons. The Hall–Kier alpha value is -1.81. The third-order valence-corrected chi connectivity index (χ3v) is 4.20. The quantitative estimate of drug-likeness (QED) is 0.836. The molecule has 1 atom stereocenters. The molecule has 0 saturated carbocycles. The first-order valence-electron chi connectivity index (χ1n) is 6.95. The lowest BCUT2D eigenvalue weighted by Gasteiger charge is -2.38. The SMILES string of the molecule is CC1(C)CC(=O)C2=C(C1)NC(=O)NC2c1ccc(Cl)cc1. The van der Waals surface area contributed by atoms with Crippen LogP contribution in [0.3, 0.4) is 0 Å². The fraction of sp³-hybridized carbons (Fsp3) is 0.375. The number of nitrogens with one attached hydrogen (secondary N) is 2. The molecule has 0 radical (unpaired) electrons. The Bertz CT molecular complexity index is 647. The summed E-state index contributed by atoms with van der Waals surface area (Å²) >= 11 is 5.90. The van der Waals surface area contributed by atoms with Crippen molar-refractivity contribution in [3.05, 3.63) is 46.1 Å². The van der Waals surface area contributed by atoms with Gasteiger partial charge in [0.05, 0.1) is 6.04 Å². The summed E-state index contributed by atoms with van der Waals surface area (Å²) in [5.74, 6) is 0.0914. The number of allylic oxidation sites excluding steroid dienone is 1. The second-order valence-electron chi connectivity index (χ2n) is 6.42. The van der Waals surface area contributed by atoms with Crippen LogP contribution in [0.15, 0.2) is 35.5 Å². The van der Waals surface area contributed by atoms with E-state index < -0.39 is 6.04 Å². The number of urea groups is 1. The molecular formula is C16H17ClN2O2. The number of hydrogen-bond donors (Lipinski definition) is 2. The van der Waals surface area contributed by atoms with E-state index in [0.717, 1.165) is 11.3 Å². The smallest absolute Gasteiger partial charge is 0.319 e. The molecular weight excluding hydrogens is 288 g/mol. The highest BCUT2D eigenvalue weighted by atomic mass is 35.5. The molecule has 0 aromatic heterocycles. The van der Waals surface area contributed by atoms with Crippen molar-refractivity contribution in [1.82, 2.24) is 10.6 Å². The molecule has 2 aliphatic rings. The summed E-state index contributed by atoms with van der Waals surface area (Å²) in [5.41, 5.74) is 2.18. The molecule has 3 rings (SSSR count). The maximum absolute atomic E-state index is 12.5. The topological polar surface area (TPSA) is 58.2 Å². The maximum atomic E-state index is 12.5. The number of Topliss-reactive ketones (excluding diaryl/α,β-unsaturated/α-hetero) is 1. The first-order valence-corrected chi connectivity index (χ1v) is 7.33. The Morgan fingerprint density at radius 3 is 2.48 bits per heavy atom. The lowest BCUT2D eigenvalue weighted by Crippen LogP contribution is -2.48. The van der Waals surface area contributed by atoms with Crippen LogP contribution < -0.4 is 10.6 Å². The highest BCUT2D eigenvalue weighted by Crippen LogP contribution is 2.41. The molecule has 0 bridgehead atoms. The van der Waals surface area contributed by atoms with Crippen molar-refractivity contribution in [2.75, 3.05) is 0 Å². The largest absolute Gasteiger partial charge is 0.327 e. The van der Waals surface area contributed by atoms with E-state index in [-0.39, 0.29) is 17.2 Å². The minimum Gasteiger partial charge on any atom is -0.327 e. The molecule has 1 aromatic carbocycles. The van der Waals surface area contributed by atoms with Gasteiger partial charge in [0.25, 0.3) is 0 Å². The molecule has 0 fully saturated rings. The second-order valence-corrected chi connectivity index (χ2v) is 6.85. The summed E-state index contributed by atoms with van der Waals surface area (Å²) in [5, 5.41) is 6.26. The van der Waals surface area contributed by atoms with Gasteiger partial charge in [0.1, 0.15) is 0 Å². The van der Waals surface area contributed by atoms with Crippen LogP contribution in [-0.2, 0) is 4.79 Å². The normalized spacial score (nSPS) is 24.2. The van der Waals surface area contributed by atoms with Gasteiger partial charge in [-0.25, -0.2) is 4.79 Å². The van der Waals surface area contributed by atoms with E-state index in [4.69, 9.17) is 11.6 Å². The van der Waals surface area contributed by atoms with Gasteiger partial charge in [-0.2, -0.15) is 0 Å². The summed E-state index contributed by atoms with van der Waals surface area (Å²) in [4.78, 5) is 24.4. The number of amides is 2. The molecule has 1 unspecified atom stereocenters. The third kappa shape index (κ3) is 2.68. The van der Waals surface area contributed by atoms with Crippen LogP contribution in [0, 0.1) is 5.41 Å². The lowest BCUT2D eigenvalue weighted by atomic mass is 9.73. The number of ketones is 1. The van der Waals surface area contributed by atoms with Gasteiger partial charge in [-0.1, -0.05) is 37.6 Å². The van der Waals surface area contributed by atoms with Crippen LogP contribution in [-0.4, -0.2) is 11.8 Å². The van der Waals surface area contributed by atoms with Gasteiger partial charge in [-0.05, 0) is 29.5 Å². The first-order chi connectivity index (χ1) is 9.85. The fourth-order valence-corrected chi connectivity index (χ4v) is 3.19. The van der Waals surface area contributed by atoms with Gasteiger partial charge in [-0.15, -0.1) is 0 Å². The molecule has 2 amide bonds. The summed E-state index contributed by atoms with van der Waals surface area (Å²) < 4.78 is 0. The fourth-order valence-electron chi connectivity index (χ4n) is 3.06. The van der Waals surface area contributed by atoms with E-state index in [9.17, 15) is 9.59 Å². The number of halogens is 1. The summed E-state index contributed by atoms with van der Waals surface area (Å²) in [7, 11) is 0. The van der Waals surface area contributed by atoms with Gasteiger partial charge in [0.15, 0.2) is 5.78 Å². The summed E-state index contributed by atoms with van der Waals surface area (Å²) in [6.45, 7) is 4.08. The maximum Gasteiger partial charge on any atom is 0.319 e. The van der Waals surface area contributed by atoms with Gasteiger partial charge >= 0.3 is 6.03 Å². The predicted molar refractivity (Wildman–Crippen MR) is 80.9 cm³/mol. The van der Waals surface area contributed by atoms with Crippen molar-refractivity contribution in [2.45, 2.75) is 32.7 Å². The molecule has 1 aliphatic heterocycles. The van der Waals surface area contributed by atoms with E-state index in [1.807, 2.05) is 26.0 Å². The lowest BCUT2D eigenvalue weighted by molar-refractivity contribution is -0.118. The Kier molecular flexibility index (Phi) is 3.29. The summed E-state index contributed by atoms with van der Waals surface area (Å²) in [6, 6.07) is 6.56. The zero-order valence-electron chi connectivity index (χ0n) is 12.0. The zero-order chi connectivity index (χ0) is 15.2. The monoisotopic (exact) mass is 304 g/mol. The van der Waals surface area contributed by atoms with Crippen LogP contribution in [0.5, 0.6) is 0 Å². The van der Waals surface area contributed by atoms with Crippen molar-refractivity contribution in [3.63, 3.8) is 0 Å².